The van der Waals surface area contributed by atoms with Crippen LogP contribution < -0.4 is 5.23 Å². The average Bonchev–Trinajstić information content (AvgIpc) is 2.18. The number of anilines is 1. The molecule has 2 N–H and O–H groups in total. The van der Waals surface area contributed by atoms with E-state index in [2.05, 4.69) is 20.9 Å². The van der Waals surface area contributed by atoms with Crippen molar-refractivity contribution in [2.75, 3.05) is 5.23 Å². The highest BCUT2D eigenvalue weighted by molar-refractivity contribution is 9.10. The molecule has 1 heterocycles. The van der Waals surface area contributed by atoms with Crippen LogP contribution in [-0.4, -0.2) is 15.4 Å². The lowest BCUT2D eigenvalue weighted by Gasteiger charge is -2.12. The minimum Gasteiger partial charge on any atom is -0.264 e. The van der Waals surface area contributed by atoms with Crippen molar-refractivity contribution >= 4 is 32.4 Å². The van der Waals surface area contributed by atoms with Crippen LogP contribution >= 0.6 is 15.9 Å². The van der Waals surface area contributed by atoms with Gasteiger partial charge in [-0.15, -0.1) is 5.23 Å². The molecular formula is C10H9BrN2O2. The van der Waals surface area contributed by atoms with Crippen molar-refractivity contribution in [1.82, 2.24) is 4.98 Å². The maximum atomic E-state index is 8.99. The lowest BCUT2D eigenvalue weighted by Crippen LogP contribution is -2.12. The Hall–Kier alpha value is -1.17. The zero-order chi connectivity index (χ0) is 11.0. The maximum Gasteiger partial charge on any atom is 0.0978 e. The molecule has 0 amide bonds. The molecule has 1 aromatic carbocycles. The fourth-order valence-corrected chi connectivity index (χ4v) is 1.96. The van der Waals surface area contributed by atoms with Gasteiger partial charge in [0.25, 0.3) is 0 Å². The van der Waals surface area contributed by atoms with Crippen molar-refractivity contribution in [3.05, 3.63) is 34.6 Å². The second-order valence-electron chi connectivity index (χ2n) is 3.27. The zero-order valence-corrected chi connectivity index (χ0v) is 9.56. The Morgan fingerprint density at radius 2 is 2.00 bits per heavy atom. The molecule has 0 unspecified atom stereocenters. The van der Waals surface area contributed by atoms with Gasteiger partial charge in [0.2, 0.25) is 0 Å². The second-order valence-corrected chi connectivity index (χ2v) is 4.12. The summed E-state index contributed by atoms with van der Waals surface area (Å²) in [7, 11) is 0. The molecule has 2 aromatic rings. The minimum atomic E-state index is 0.121. The molecular weight excluding hydrogens is 260 g/mol. The molecule has 15 heavy (non-hydrogen) atoms. The predicted molar refractivity (Wildman–Crippen MR) is 60.2 cm³/mol. The Morgan fingerprint density at radius 3 is 2.67 bits per heavy atom. The molecule has 0 aliphatic rings. The molecule has 0 aliphatic carbocycles. The van der Waals surface area contributed by atoms with Gasteiger partial charge in [-0.3, -0.25) is 15.4 Å². The van der Waals surface area contributed by atoms with Gasteiger partial charge < -0.3 is 0 Å². The fourth-order valence-electron chi connectivity index (χ4n) is 1.49. The van der Waals surface area contributed by atoms with Gasteiger partial charge in [0.1, 0.15) is 0 Å². The van der Waals surface area contributed by atoms with Crippen LogP contribution in [0.15, 0.2) is 29.0 Å². The Bertz CT molecular complexity index is 514. The van der Waals surface area contributed by atoms with Crippen LogP contribution in [0.4, 0.5) is 5.69 Å². The summed E-state index contributed by atoms with van der Waals surface area (Å²) in [6.45, 7) is 1.81. The Labute approximate surface area is 94.8 Å². The van der Waals surface area contributed by atoms with Gasteiger partial charge in [-0.25, -0.2) is 0 Å². The quantitative estimate of drug-likeness (QED) is 0.781. The monoisotopic (exact) mass is 268 g/mol. The lowest BCUT2D eigenvalue weighted by molar-refractivity contribution is 0.0289. The number of pyridine rings is 1. The van der Waals surface area contributed by atoms with E-state index in [1.54, 1.807) is 25.4 Å². The van der Waals surface area contributed by atoms with E-state index in [1.807, 2.05) is 6.07 Å². The average molecular weight is 269 g/mol. The minimum absolute atomic E-state index is 0.121. The topological polar surface area (TPSA) is 56.6 Å². The molecule has 0 saturated carbocycles. The van der Waals surface area contributed by atoms with Crippen LogP contribution in [0.25, 0.3) is 10.8 Å². The summed E-state index contributed by atoms with van der Waals surface area (Å²) < 4.78 is 0.886. The van der Waals surface area contributed by atoms with Gasteiger partial charge in [-0.2, -0.15) is 0 Å². The van der Waals surface area contributed by atoms with E-state index in [-0.39, 0.29) is 5.23 Å². The molecule has 0 fully saturated rings. The van der Waals surface area contributed by atoms with Gasteiger partial charge in [0.15, 0.2) is 0 Å². The normalized spacial score (nSPS) is 10.7. The van der Waals surface area contributed by atoms with E-state index in [0.717, 1.165) is 20.8 Å². The first-order valence-corrected chi connectivity index (χ1v) is 5.10. The summed E-state index contributed by atoms with van der Waals surface area (Å²) in [5.41, 5.74) is 1.13. The second kappa shape index (κ2) is 3.77. The molecule has 2 rings (SSSR count). The third-order valence-electron chi connectivity index (χ3n) is 2.24. The molecule has 1 aromatic heterocycles. The van der Waals surface area contributed by atoms with Gasteiger partial charge in [0, 0.05) is 22.3 Å². The highest BCUT2D eigenvalue weighted by Gasteiger charge is 2.07. The van der Waals surface area contributed by atoms with E-state index < -0.39 is 0 Å². The third kappa shape index (κ3) is 1.81. The highest BCUT2D eigenvalue weighted by atomic mass is 79.9. The lowest BCUT2D eigenvalue weighted by atomic mass is 10.1. The molecule has 0 saturated heterocycles. The van der Waals surface area contributed by atoms with Crippen LogP contribution in [-0.2, 0) is 0 Å². The van der Waals surface area contributed by atoms with Crippen LogP contribution in [0.5, 0.6) is 0 Å². The van der Waals surface area contributed by atoms with Crippen molar-refractivity contribution in [1.29, 1.82) is 0 Å². The Morgan fingerprint density at radius 1 is 1.27 bits per heavy atom. The smallest absolute Gasteiger partial charge is 0.0978 e. The summed E-state index contributed by atoms with van der Waals surface area (Å²) in [5, 5.41) is 19.9. The van der Waals surface area contributed by atoms with E-state index in [0.29, 0.717) is 5.69 Å². The van der Waals surface area contributed by atoms with Crippen LogP contribution in [0, 0.1) is 6.92 Å². The largest absolute Gasteiger partial charge is 0.264 e. The number of aryl methyl sites for hydroxylation is 1. The van der Waals surface area contributed by atoms with Gasteiger partial charge >= 0.3 is 0 Å². The Kier molecular flexibility index (Phi) is 2.60. The SMILES string of the molecule is Cc1cc2c(Br)cncc2cc1N(O)O. The van der Waals surface area contributed by atoms with Crippen LogP contribution in [0.2, 0.25) is 0 Å². The summed E-state index contributed by atoms with van der Waals surface area (Å²) in [6, 6.07) is 3.54. The van der Waals surface area contributed by atoms with E-state index >= 15 is 0 Å². The fraction of sp³-hybridized carbons (Fsp3) is 0.100. The number of nitrogens with zero attached hydrogens (tertiary/aromatic N) is 2. The molecule has 78 valence electrons. The first-order chi connectivity index (χ1) is 7.09. The number of hydrogen-bond donors (Lipinski definition) is 2. The Balaban J connectivity index is 2.76. The van der Waals surface area contributed by atoms with Crippen molar-refractivity contribution < 1.29 is 10.4 Å². The number of rotatable bonds is 1. The number of halogens is 1. The molecule has 0 bridgehead atoms. The first-order valence-electron chi connectivity index (χ1n) is 4.31. The number of fused-ring (bicyclic) bond motifs is 1. The summed E-state index contributed by atoms with van der Waals surface area (Å²) in [6.07, 6.45) is 3.38. The molecule has 5 heteroatoms. The summed E-state index contributed by atoms with van der Waals surface area (Å²) in [5.74, 6) is 0. The number of hydrogen-bond acceptors (Lipinski definition) is 4. The van der Waals surface area contributed by atoms with Crippen molar-refractivity contribution in [3.63, 3.8) is 0 Å². The van der Waals surface area contributed by atoms with E-state index in [9.17, 15) is 0 Å². The van der Waals surface area contributed by atoms with Crippen molar-refractivity contribution in [2.24, 2.45) is 0 Å². The van der Waals surface area contributed by atoms with Crippen molar-refractivity contribution in [2.45, 2.75) is 6.92 Å². The molecule has 0 aliphatic heterocycles. The van der Waals surface area contributed by atoms with Gasteiger partial charge in [-0.05, 0) is 45.9 Å². The van der Waals surface area contributed by atoms with E-state index in [4.69, 9.17) is 10.4 Å². The van der Waals surface area contributed by atoms with Crippen LogP contribution in [0.1, 0.15) is 5.56 Å². The van der Waals surface area contributed by atoms with Gasteiger partial charge in [-0.1, -0.05) is 0 Å². The predicted octanol–water partition coefficient (Wildman–Crippen LogP) is 2.89. The molecule has 4 nitrogen and oxygen atoms in total. The maximum absolute atomic E-state index is 8.99. The molecule has 0 atom stereocenters. The van der Waals surface area contributed by atoms with Crippen LogP contribution in [0.3, 0.4) is 0 Å². The standard InChI is InChI=1S/C10H9BrN2O2/c1-6-2-8-7(3-10(6)13(14)15)4-12-5-9(8)11/h2-5,14-15H,1H3. The summed E-state index contributed by atoms with van der Waals surface area (Å²) >= 11 is 3.39. The van der Waals surface area contributed by atoms with E-state index in [1.165, 1.54) is 0 Å². The van der Waals surface area contributed by atoms with Crippen molar-refractivity contribution in [3.8, 4) is 0 Å². The zero-order valence-electron chi connectivity index (χ0n) is 7.98. The molecule has 0 radical (unpaired) electrons. The summed E-state index contributed by atoms with van der Waals surface area (Å²) in [4.78, 5) is 4.01. The highest BCUT2D eigenvalue weighted by Crippen LogP contribution is 2.29. The number of benzene rings is 1. The molecule has 0 spiro atoms. The first kappa shape index (κ1) is 10.4. The number of aromatic nitrogens is 1. The van der Waals surface area contributed by atoms with Gasteiger partial charge in [0.05, 0.1) is 5.69 Å². The third-order valence-corrected chi connectivity index (χ3v) is 2.87.